The monoisotopic (exact) mass is 344 g/mol. The summed E-state index contributed by atoms with van der Waals surface area (Å²) < 4.78 is 10.8. The van der Waals surface area contributed by atoms with E-state index in [-0.39, 0.29) is 5.91 Å². The molecule has 0 unspecified atom stereocenters. The minimum Gasteiger partial charge on any atom is -0.481 e. The third-order valence-electron chi connectivity index (χ3n) is 4.27. The lowest BCUT2D eigenvalue weighted by molar-refractivity contribution is -0.139. The van der Waals surface area contributed by atoms with Crippen molar-refractivity contribution in [3.05, 3.63) is 41.5 Å². The van der Waals surface area contributed by atoms with E-state index in [9.17, 15) is 4.79 Å². The maximum Gasteiger partial charge on any atom is 0.263 e. The van der Waals surface area contributed by atoms with Crippen LogP contribution in [0.3, 0.4) is 0 Å². The molecule has 0 N–H and O–H groups in total. The molecule has 1 aromatic carbocycles. The number of aryl methyl sites for hydroxylation is 2. The van der Waals surface area contributed by atoms with Crippen molar-refractivity contribution < 1.29 is 14.1 Å². The lowest BCUT2D eigenvalue weighted by Gasteiger charge is -2.35. The van der Waals surface area contributed by atoms with E-state index in [1.54, 1.807) is 13.8 Å². The number of hydrogen-bond acceptors (Lipinski definition) is 6. The largest absolute Gasteiger partial charge is 0.481 e. The number of carbonyl (C=O) groups is 1. The SMILES string of the molecule is Cc1cccc(O[C@@H](C)C(=O)N2CCN(Cc3noc(C)n3)CC2)c1. The molecular formula is C18H24N4O3. The maximum absolute atomic E-state index is 12.6. The molecule has 1 fully saturated rings. The Labute approximate surface area is 147 Å². The third-order valence-corrected chi connectivity index (χ3v) is 4.27. The van der Waals surface area contributed by atoms with E-state index in [0.29, 0.717) is 31.3 Å². The smallest absolute Gasteiger partial charge is 0.263 e. The minimum absolute atomic E-state index is 0.0246. The molecule has 1 aromatic heterocycles. The molecule has 2 aromatic rings. The summed E-state index contributed by atoms with van der Waals surface area (Å²) in [6.45, 7) is 9.17. The van der Waals surface area contributed by atoms with Gasteiger partial charge in [0.1, 0.15) is 5.75 Å². The standard InChI is InChI=1S/C18H24N4O3/c1-13-5-4-6-16(11-13)24-14(2)18(23)22-9-7-21(8-10-22)12-17-19-15(3)25-20-17/h4-6,11,14H,7-10,12H2,1-3H3/t14-/m0/s1. The van der Waals surface area contributed by atoms with E-state index in [0.717, 1.165) is 24.4 Å². The highest BCUT2D eigenvalue weighted by atomic mass is 16.5. The number of benzene rings is 1. The average molecular weight is 344 g/mol. The molecule has 2 heterocycles. The van der Waals surface area contributed by atoms with Gasteiger partial charge in [-0.25, -0.2) is 0 Å². The number of rotatable bonds is 5. The highest BCUT2D eigenvalue weighted by Gasteiger charge is 2.26. The Morgan fingerprint density at radius 1 is 1.28 bits per heavy atom. The first-order chi connectivity index (χ1) is 12.0. The molecule has 1 aliphatic heterocycles. The van der Waals surface area contributed by atoms with Crippen molar-refractivity contribution in [1.82, 2.24) is 19.9 Å². The van der Waals surface area contributed by atoms with Crippen LogP contribution < -0.4 is 4.74 Å². The van der Waals surface area contributed by atoms with Crippen LogP contribution in [-0.4, -0.2) is 58.1 Å². The van der Waals surface area contributed by atoms with Gasteiger partial charge in [-0.1, -0.05) is 17.3 Å². The molecule has 0 radical (unpaired) electrons. The van der Waals surface area contributed by atoms with Crippen LogP contribution in [0.15, 0.2) is 28.8 Å². The van der Waals surface area contributed by atoms with Crippen molar-refractivity contribution in [2.75, 3.05) is 26.2 Å². The summed E-state index contributed by atoms with van der Waals surface area (Å²) in [5, 5.41) is 3.92. The van der Waals surface area contributed by atoms with E-state index in [1.165, 1.54) is 0 Å². The predicted molar refractivity (Wildman–Crippen MR) is 92.2 cm³/mol. The summed E-state index contributed by atoms with van der Waals surface area (Å²) in [6, 6.07) is 7.75. The van der Waals surface area contributed by atoms with Gasteiger partial charge in [0, 0.05) is 33.1 Å². The molecule has 7 nitrogen and oxygen atoms in total. The van der Waals surface area contributed by atoms with Gasteiger partial charge < -0.3 is 14.2 Å². The van der Waals surface area contributed by atoms with E-state index in [4.69, 9.17) is 9.26 Å². The fourth-order valence-corrected chi connectivity index (χ4v) is 2.93. The molecular weight excluding hydrogens is 320 g/mol. The summed E-state index contributed by atoms with van der Waals surface area (Å²) >= 11 is 0. The van der Waals surface area contributed by atoms with Crippen LogP contribution in [-0.2, 0) is 11.3 Å². The highest BCUT2D eigenvalue weighted by Crippen LogP contribution is 2.16. The summed E-state index contributed by atoms with van der Waals surface area (Å²) in [5.74, 6) is 2.02. The Morgan fingerprint density at radius 3 is 2.68 bits per heavy atom. The Bertz CT molecular complexity index is 723. The highest BCUT2D eigenvalue weighted by molar-refractivity contribution is 5.81. The van der Waals surface area contributed by atoms with Crippen LogP contribution in [0.1, 0.15) is 24.2 Å². The molecule has 25 heavy (non-hydrogen) atoms. The van der Waals surface area contributed by atoms with E-state index >= 15 is 0 Å². The number of aromatic nitrogens is 2. The topological polar surface area (TPSA) is 71.7 Å². The van der Waals surface area contributed by atoms with E-state index < -0.39 is 6.10 Å². The lowest BCUT2D eigenvalue weighted by Crippen LogP contribution is -2.51. The third kappa shape index (κ3) is 4.57. The van der Waals surface area contributed by atoms with Gasteiger partial charge in [-0.15, -0.1) is 0 Å². The average Bonchev–Trinajstić information content (AvgIpc) is 3.00. The van der Waals surface area contributed by atoms with Crippen molar-refractivity contribution in [2.24, 2.45) is 0 Å². The molecule has 0 spiro atoms. The number of ether oxygens (including phenoxy) is 1. The van der Waals surface area contributed by atoms with Crippen LogP contribution in [0.4, 0.5) is 0 Å². The van der Waals surface area contributed by atoms with Crippen LogP contribution in [0, 0.1) is 13.8 Å². The minimum atomic E-state index is -0.492. The summed E-state index contributed by atoms with van der Waals surface area (Å²) in [7, 11) is 0. The first kappa shape index (κ1) is 17.4. The first-order valence-electron chi connectivity index (χ1n) is 8.55. The van der Waals surface area contributed by atoms with Gasteiger partial charge in [0.2, 0.25) is 5.89 Å². The van der Waals surface area contributed by atoms with Gasteiger partial charge in [0.05, 0.1) is 6.54 Å². The van der Waals surface area contributed by atoms with Crippen LogP contribution in [0.5, 0.6) is 5.75 Å². The number of amides is 1. The molecule has 134 valence electrons. The van der Waals surface area contributed by atoms with Gasteiger partial charge in [0.25, 0.3) is 5.91 Å². The molecule has 1 amide bonds. The van der Waals surface area contributed by atoms with Crippen LogP contribution >= 0.6 is 0 Å². The Balaban J connectivity index is 1.49. The maximum atomic E-state index is 12.6. The zero-order valence-electron chi connectivity index (χ0n) is 14.9. The number of carbonyl (C=O) groups excluding carboxylic acids is 1. The summed E-state index contributed by atoms with van der Waals surface area (Å²) in [5.41, 5.74) is 1.11. The summed E-state index contributed by atoms with van der Waals surface area (Å²) in [4.78, 5) is 20.9. The molecule has 0 saturated carbocycles. The van der Waals surface area contributed by atoms with Crippen LogP contribution in [0.25, 0.3) is 0 Å². The van der Waals surface area contributed by atoms with Gasteiger partial charge >= 0.3 is 0 Å². The molecule has 1 aliphatic rings. The number of nitrogens with zero attached hydrogens (tertiary/aromatic N) is 4. The quantitative estimate of drug-likeness (QED) is 0.824. The molecule has 0 bridgehead atoms. The molecule has 7 heteroatoms. The van der Waals surface area contributed by atoms with Crippen molar-refractivity contribution >= 4 is 5.91 Å². The Kier molecular flexibility index (Phi) is 5.33. The molecule has 1 saturated heterocycles. The fraction of sp³-hybridized carbons (Fsp3) is 0.500. The second-order valence-corrected chi connectivity index (χ2v) is 6.41. The predicted octanol–water partition coefficient (Wildman–Crippen LogP) is 1.80. The van der Waals surface area contributed by atoms with E-state index in [2.05, 4.69) is 15.0 Å². The normalized spacial score (nSPS) is 16.7. The van der Waals surface area contributed by atoms with Crippen LogP contribution in [0.2, 0.25) is 0 Å². The van der Waals surface area contributed by atoms with Gasteiger partial charge in [-0.2, -0.15) is 4.98 Å². The fourth-order valence-electron chi connectivity index (χ4n) is 2.93. The zero-order valence-corrected chi connectivity index (χ0v) is 14.9. The van der Waals surface area contributed by atoms with Gasteiger partial charge in [0.15, 0.2) is 11.9 Å². The van der Waals surface area contributed by atoms with Crippen molar-refractivity contribution in [3.8, 4) is 5.75 Å². The van der Waals surface area contributed by atoms with E-state index in [1.807, 2.05) is 36.1 Å². The second kappa shape index (κ2) is 7.65. The molecule has 3 rings (SSSR count). The molecule has 1 atom stereocenters. The lowest BCUT2D eigenvalue weighted by atomic mass is 10.2. The summed E-state index contributed by atoms with van der Waals surface area (Å²) in [6.07, 6.45) is -0.492. The molecule has 0 aliphatic carbocycles. The first-order valence-corrected chi connectivity index (χ1v) is 8.55. The Morgan fingerprint density at radius 2 is 2.04 bits per heavy atom. The number of hydrogen-bond donors (Lipinski definition) is 0. The van der Waals surface area contributed by atoms with Crippen molar-refractivity contribution in [2.45, 2.75) is 33.4 Å². The Hall–Kier alpha value is -2.41. The zero-order chi connectivity index (χ0) is 17.8. The second-order valence-electron chi connectivity index (χ2n) is 6.41. The van der Waals surface area contributed by atoms with Crippen molar-refractivity contribution in [3.63, 3.8) is 0 Å². The van der Waals surface area contributed by atoms with Crippen molar-refractivity contribution in [1.29, 1.82) is 0 Å². The van der Waals surface area contributed by atoms with Gasteiger partial charge in [-0.3, -0.25) is 9.69 Å². The number of piperazine rings is 1. The van der Waals surface area contributed by atoms with Gasteiger partial charge in [-0.05, 0) is 31.5 Å².